The van der Waals surface area contributed by atoms with Crippen LogP contribution in [-0.4, -0.2) is 33.7 Å². The van der Waals surface area contributed by atoms with Crippen molar-refractivity contribution in [2.24, 2.45) is 0 Å². The molecular formula is C4F6O9S4. The largest absolute Gasteiger partial charge is 0.401 e. The van der Waals surface area contributed by atoms with Crippen LogP contribution in [0.1, 0.15) is 0 Å². The zero-order chi connectivity index (χ0) is 19.0. The maximum atomic E-state index is 13.0. The topological polar surface area (TPSA) is 146 Å². The minimum atomic E-state index is -6.82. The molecule has 0 saturated heterocycles. The molecule has 0 bridgehead atoms. The van der Waals surface area contributed by atoms with Crippen molar-refractivity contribution < 1.29 is 62.7 Å². The summed E-state index contributed by atoms with van der Waals surface area (Å²) < 4.78 is 152. The van der Waals surface area contributed by atoms with Gasteiger partial charge in [0.25, 0.3) is 8.47 Å². The van der Waals surface area contributed by atoms with Crippen LogP contribution < -0.4 is 0 Å². The SMILES string of the molecule is O=S(=O)(F)C(=C(F)OC(F)=C(S(=O)(=O)F)S(=O)(=O)F)S(=O)(=O)F. The van der Waals surface area contributed by atoms with Crippen molar-refractivity contribution in [2.75, 3.05) is 0 Å². The monoisotopic (exact) mass is 434 g/mol. The molecule has 0 spiro atoms. The van der Waals surface area contributed by atoms with Crippen LogP contribution in [0.3, 0.4) is 0 Å². The highest BCUT2D eigenvalue weighted by atomic mass is 32.3. The molecule has 0 aromatic carbocycles. The zero-order valence-electron chi connectivity index (χ0n) is 9.58. The molecule has 23 heavy (non-hydrogen) atoms. The highest BCUT2D eigenvalue weighted by Gasteiger charge is 2.41. The second-order valence-electron chi connectivity index (χ2n) is 2.98. The van der Waals surface area contributed by atoms with Gasteiger partial charge in [0.05, 0.1) is 0 Å². The molecule has 0 atom stereocenters. The molecule has 0 aliphatic heterocycles. The van der Waals surface area contributed by atoms with Crippen molar-refractivity contribution in [1.29, 1.82) is 0 Å². The summed E-state index contributed by atoms with van der Waals surface area (Å²) in [4.78, 5) is 0. The minimum Gasteiger partial charge on any atom is -0.401 e. The Bertz CT molecular complexity index is 832. The molecule has 0 amide bonds. The average Bonchev–Trinajstić information content (AvgIpc) is 2.04. The van der Waals surface area contributed by atoms with Crippen molar-refractivity contribution in [3.05, 3.63) is 20.5 Å². The summed E-state index contributed by atoms with van der Waals surface area (Å²) in [5.74, 6) is 0. The third-order valence-corrected chi connectivity index (χ3v) is 6.19. The van der Waals surface area contributed by atoms with E-state index in [-0.39, 0.29) is 0 Å². The lowest BCUT2D eigenvalue weighted by molar-refractivity contribution is 0.154. The van der Waals surface area contributed by atoms with Gasteiger partial charge >= 0.3 is 52.9 Å². The molecular weight excluding hydrogens is 434 g/mol. The number of hydrogen-bond donors (Lipinski definition) is 0. The molecule has 0 aliphatic carbocycles. The normalized spacial score (nSPS) is 13.3. The summed E-state index contributed by atoms with van der Waals surface area (Å²) in [5, 5.41) is 0. The number of halogens is 6. The van der Waals surface area contributed by atoms with Crippen LogP contribution in [0.2, 0.25) is 0 Å². The molecule has 0 aromatic heterocycles. The summed E-state index contributed by atoms with van der Waals surface area (Å²) in [6, 6.07) is -7.23. The molecule has 0 aliphatic rings. The lowest BCUT2D eigenvalue weighted by atomic mass is 11.0. The third kappa shape index (κ3) is 5.99. The van der Waals surface area contributed by atoms with Gasteiger partial charge in [0.2, 0.25) is 0 Å². The second kappa shape index (κ2) is 6.28. The molecule has 9 nitrogen and oxygen atoms in total. The van der Waals surface area contributed by atoms with Crippen LogP contribution >= 0.6 is 0 Å². The van der Waals surface area contributed by atoms with E-state index in [0.717, 1.165) is 0 Å². The van der Waals surface area contributed by atoms with E-state index >= 15 is 0 Å². The van der Waals surface area contributed by atoms with E-state index in [4.69, 9.17) is 0 Å². The second-order valence-corrected chi connectivity index (χ2v) is 8.63. The summed E-state index contributed by atoms with van der Waals surface area (Å²) in [6.07, 6.45) is 0. The van der Waals surface area contributed by atoms with Crippen LogP contribution in [-0.2, 0) is 45.6 Å². The molecule has 0 heterocycles. The first-order valence-electron chi connectivity index (χ1n) is 4.05. The van der Waals surface area contributed by atoms with Gasteiger partial charge in [0, 0.05) is 0 Å². The van der Waals surface area contributed by atoms with Gasteiger partial charge in [-0.1, -0.05) is 15.5 Å². The predicted octanol–water partition coefficient (Wildman–Crippen LogP) is 0.392. The number of ether oxygens (including phenoxy) is 1. The van der Waals surface area contributed by atoms with Gasteiger partial charge in [-0.25, -0.2) is 0 Å². The molecule has 0 fully saturated rings. The first-order chi connectivity index (χ1) is 9.79. The van der Waals surface area contributed by atoms with Gasteiger partial charge in [-0.2, -0.15) is 42.5 Å². The molecule has 0 saturated carbocycles. The average molecular weight is 434 g/mol. The summed E-state index contributed by atoms with van der Waals surface area (Å²) in [5.41, 5.74) is 0. The first-order valence-corrected chi connectivity index (χ1v) is 9.59. The summed E-state index contributed by atoms with van der Waals surface area (Å²) >= 11 is 0. The van der Waals surface area contributed by atoms with Gasteiger partial charge in [-0.05, 0) is 0 Å². The molecule has 136 valence electrons. The van der Waals surface area contributed by atoms with E-state index in [1.165, 1.54) is 0 Å². The van der Waals surface area contributed by atoms with E-state index in [0.29, 0.717) is 0 Å². The zero-order valence-corrected chi connectivity index (χ0v) is 12.8. The summed E-state index contributed by atoms with van der Waals surface area (Å²) in [6.45, 7) is 0. The Morgan fingerprint density at radius 1 is 0.522 bits per heavy atom. The molecule has 0 radical (unpaired) electrons. The van der Waals surface area contributed by atoms with E-state index in [2.05, 4.69) is 4.74 Å². The van der Waals surface area contributed by atoms with Crippen molar-refractivity contribution in [3.63, 3.8) is 0 Å². The van der Waals surface area contributed by atoms with Crippen molar-refractivity contribution in [1.82, 2.24) is 0 Å². The van der Waals surface area contributed by atoms with Gasteiger partial charge < -0.3 is 4.74 Å². The molecule has 0 rings (SSSR count). The standard InChI is InChI=1S/C4F6O9S4/c5-1(3(20(7,11)12)21(8,13)14)19-2(6)4(22(9,15)16)23(10,17)18. The Balaban J connectivity index is 6.68. The highest BCUT2D eigenvalue weighted by Crippen LogP contribution is 2.30. The quantitative estimate of drug-likeness (QED) is 0.329. The number of rotatable bonds is 6. The molecule has 0 unspecified atom stereocenters. The Kier molecular flexibility index (Phi) is 5.91. The van der Waals surface area contributed by atoms with Crippen molar-refractivity contribution in [2.45, 2.75) is 0 Å². The van der Waals surface area contributed by atoms with E-state index < -0.39 is 61.4 Å². The van der Waals surface area contributed by atoms with Crippen LogP contribution in [0.4, 0.5) is 24.3 Å². The van der Waals surface area contributed by atoms with Crippen LogP contribution in [0.5, 0.6) is 0 Å². The number of hydrogen-bond acceptors (Lipinski definition) is 9. The fraction of sp³-hybridized carbons (Fsp3) is 0. The third-order valence-electron chi connectivity index (χ3n) is 1.39. The van der Waals surface area contributed by atoms with Crippen molar-refractivity contribution in [3.8, 4) is 0 Å². The predicted molar refractivity (Wildman–Crippen MR) is 57.5 cm³/mol. The van der Waals surface area contributed by atoms with E-state index in [9.17, 15) is 58.0 Å². The Labute approximate surface area is 124 Å². The fourth-order valence-corrected chi connectivity index (χ4v) is 3.62. The van der Waals surface area contributed by atoms with Gasteiger partial charge in [0.15, 0.2) is 0 Å². The Morgan fingerprint density at radius 2 is 0.696 bits per heavy atom. The van der Waals surface area contributed by atoms with E-state index in [1.807, 2.05) is 0 Å². The Morgan fingerprint density at radius 3 is 0.826 bits per heavy atom. The van der Waals surface area contributed by atoms with Gasteiger partial charge in [-0.15, -0.1) is 0 Å². The highest BCUT2D eigenvalue weighted by molar-refractivity contribution is 8.10. The van der Waals surface area contributed by atoms with Crippen LogP contribution in [0.25, 0.3) is 0 Å². The Hall–Kier alpha value is -1.34. The molecule has 0 aromatic rings. The lowest BCUT2D eigenvalue weighted by Crippen LogP contribution is -2.12. The van der Waals surface area contributed by atoms with Gasteiger partial charge in [0.1, 0.15) is 0 Å². The fourth-order valence-electron chi connectivity index (χ4n) is 0.783. The lowest BCUT2D eigenvalue weighted by Gasteiger charge is -2.04. The van der Waals surface area contributed by atoms with Gasteiger partial charge in [-0.3, -0.25) is 0 Å². The molecule has 0 N–H and O–H groups in total. The molecule has 19 heteroatoms. The van der Waals surface area contributed by atoms with Crippen LogP contribution in [0, 0.1) is 0 Å². The van der Waals surface area contributed by atoms with E-state index in [1.54, 1.807) is 0 Å². The smallest absolute Gasteiger partial charge is 0.352 e. The maximum Gasteiger partial charge on any atom is 0.352 e. The maximum absolute atomic E-state index is 13.0. The first kappa shape index (κ1) is 21.7. The van der Waals surface area contributed by atoms with Crippen LogP contribution in [0.15, 0.2) is 20.5 Å². The minimum absolute atomic E-state index is 2.63. The summed E-state index contributed by atoms with van der Waals surface area (Å²) in [7, 11) is -27.3. The van der Waals surface area contributed by atoms with Crippen molar-refractivity contribution >= 4 is 40.9 Å².